The molecule has 0 heterocycles. The maximum absolute atomic E-state index is 12.5. The highest BCUT2D eigenvalue weighted by molar-refractivity contribution is 5.91. The number of carboxylic acids is 1. The summed E-state index contributed by atoms with van der Waals surface area (Å²) in [5.74, 6) is -2.44. The lowest BCUT2D eigenvalue weighted by Gasteiger charge is -2.68. The van der Waals surface area contributed by atoms with E-state index in [9.17, 15) is 24.9 Å². The fraction of sp³-hybridized carbons (Fsp3) is 0.724. The van der Waals surface area contributed by atoms with Gasteiger partial charge in [-0.1, -0.05) is 31.6 Å². The van der Waals surface area contributed by atoms with E-state index in [2.05, 4.69) is 13.8 Å². The molecule has 0 radical (unpaired) electrons. The zero-order valence-corrected chi connectivity index (χ0v) is 23.2. The van der Waals surface area contributed by atoms with Crippen molar-refractivity contribution < 1.29 is 29.6 Å². The molecule has 0 aromatic carbocycles. The summed E-state index contributed by atoms with van der Waals surface area (Å²) in [4.78, 5) is 24.7. The number of fused-ring (bicyclic) bond motifs is 5. The van der Waals surface area contributed by atoms with E-state index in [1.54, 1.807) is 12.2 Å². The number of aliphatic carboxylic acids is 1. The number of ether oxygens (including phenoxy) is 1. The number of nitrogens with two attached hydrogens (primary N) is 3. The molecule has 38 heavy (non-hydrogen) atoms. The summed E-state index contributed by atoms with van der Waals surface area (Å²) in [5, 5.41) is 32.7. The molecule has 11 atom stereocenters. The van der Waals surface area contributed by atoms with Crippen LogP contribution in [-0.4, -0.2) is 63.2 Å². The number of aliphatic hydroxyl groups is 2. The van der Waals surface area contributed by atoms with Crippen LogP contribution in [0, 0.1) is 28.6 Å². The van der Waals surface area contributed by atoms with Crippen LogP contribution in [0.1, 0.15) is 66.7 Å². The van der Waals surface area contributed by atoms with Crippen LogP contribution < -0.4 is 17.2 Å². The van der Waals surface area contributed by atoms with Gasteiger partial charge in [-0.3, -0.25) is 4.79 Å². The van der Waals surface area contributed by atoms with Gasteiger partial charge in [0, 0.05) is 30.5 Å². The highest BCUT2D eigenvalue weighted by Crippen LogP contribution is 2.69. The monoisotopic (exact) mass is 531 g/mol. The van der Waals surface area contributed by atoms with Gasteiger partial charge in [-0.2, -0.15) is 0 Å². The van der Waals surface area contributed by atoms with Crippen LogP contribution in [0.15, 0.2) is 34.9 Å². The highest BCUT2D eigenvalue weighted by Gasteiger charge is 2.72. The topological polar surface area (TPSA) is 182 Å². The number of esters is 1. The molecule has 9 heteroatoms. The lowest BCUT2D eigenvalue weighted by molar-refractivity contribution is -0.196. The van der Waals surface area contributed by atoms with Gasteiger partial charge in [0.1, 0.15) is 6.10 Å². The third-order valence-electron chi connectivity index (χ3n) is 10.5. The third kappa shape index (κ3) is 4.27. The number of allylic oxidation sites excluding steroid dienone is 3. The number of rotatable bonds is 4. The Hall–Kier alpha value is -2.04. The van der Waals surface area contributed by atoms with Gasteiger partial charge in [0.2, 0.25) is 0 Å². The first-order chi connectivity index (χ1) is 17.6. The molecule has 9 nitrogen and oxygen atoms in total. The van der Waals surface area contributed by atoms with Crippen LogP contribution in [0.5, 0.6) is 0 Å². The molecule has 0 spiro atoms. The first-order valence-electron chi connectivity index (χ1n) is 13.7. The Morgan fingerprint density at radius 3 is 2.34 bits per heavy atom. The van der Waals surface area contributed by atoms with Crippen LogP contribution >= 0.6 is 0 Å². The molecule has 4 saturated carbocycles. The second-order valence-electron chi connectivity index (χ2n) is 13.0. The Bertz CT molecular complexity index is 1080. The molecular formula is C29H45N3O6. The minimum atomic E-state index is -1.11. The molecule has 212 valence electrons. The number of aliphatic hydroxyl groups excluding tert-OH is 2. The predicted molar refractivity (Wildman–Crippen MR) is 143 cm³/mol. The highest BCUT2D eigenvalue weighted by atomic mass is 16.5. The Labute approximate surface area is 225 Å². The van der Waals surface area contributed by atoms with E-state index in [1.165, 1.54) is 6.92 Å². The van der Waals surface area contributed by atoms with Crippen molar-refractivity contribution in [2.24, 2.45) is 45.8 Å². The van der Waals surface area contributed by atoms with Crippen molar-refractivity contribution in [1.29, 1.82) is 0 Å². The zero-order valence-electron chi connectivity index (χ0n) is 23.2. The molecule has 4 aliphatic rings. The van der Waals surface area contributed by atoms with Gasteiger partial charge in [0.25, 0.3) is 0 Å². The number of carbonyl (C=O) groups excluding carboxylic acids is 1. The Balaban J connectivity index is 1.87. The Morgan fingerprint density at radius 1 is 1.11 bits per heavy atom. The van der Waals surface area contributed by atoms with E-state index in [0.717, 1.165) is 5.57 Å². The van der Waals surface area contributed by atoms with Crippen molar-refractivity contribution >= 4 is 11.9 Å². The van der Waals surface area contributed by atoms with Crippen molar-refractivity contribution in [2.75, 3.05) is 0 Å². The number of carbonyl (C=O) groups is 2. The number of carboxylic acid groups (broad SMARTS) is 1. The summed E-state index contributed by atoms with van der Waals surface area (Å²) in [6.45, 7) is 9.30. The van der Waals surface area contributed by atoms with Gasteiger partial charge in [-0.05, 0) is 80.3 Å². The van der Waals surface area contributed by atoms with E-state index < -0.39 is 64.6 Å². The van der Waals surface area contributed by atoms with Crippen LogP contribution in [0.4, 0.5) is 0 Å². The van der Waals surface area contributed by atoms with Crippen molar-refractivity contribution in [3.63, 3.8) is 0 Å². The van der Waals surface area contributed by atoms with E-state index in [4.69, 9.17) is 21.9 Å². The molecule has 0 aliphatic heterocycles. The van der Waals surface area contributed by atoms with E-state index in [0.29, 0.717) is 31.3 Å². The number of hydrogen-bond donors (Lipinski definition) is 6. The average Bonchev–Trinajstić information content (AvgIpc) is 3.06. The molecule has 4 aliphatic carbocycles. The summed E-state index contributed by atoms with van der Waals surface area (Å²) < 4.78 is 5.76. The van der Waals surface area contributed by atoms with Gasteiger partial charge >= 0.3 is 11.9 Å². The van der Waals surface area contributed by atoms with Gasteiger partial charge in [0.05, 0.1) is 17.8 Å². The summed E-state index contributed by atoms with van der Waals surface area (Å²) in [6.07, 6.45) is 4.97. The van der Waals surface area contributed by atoms with E-state index in [1.807, 2.05) is 19.9 Å². The zero-order chi connectivity index (χ0) is 28.4. The van der Waals surface area contributed by atoms with Gasteiger partial charge in [0.15, 0.2) is 0 Å². The minimum Gasteiger partial charge on any atom is -0.478 e. The molecule has 0 amide bonds. The first-order valence-corrected chi connectivity index (χ1v) is 13.7. The van der Waals surface area contributed by atoms with Crippen molar-refractivity contribution in [3.8, 4) is 0 Å². The summed E-state index contributed by atoms with van der Waals surface area (Å²) in [5.41, 5.74) is 19.8. The predicted octanol–water partition coefficient (Wildman–Crippen LogP) is 1.76. The molecule has 0 unspecified atom stereocenters. The van der Waals surface area contributed by atoms with E-state index in [-0.39, 0.29) is 23.8 Å². The second kappa shape index (κ2) is 9.86. The molecule has 0 saturated heterocycles. The Morgan fingerprint density at radius 2 is 1.76 bits per heavy atom. The van der Waals surface area contributed by atoms with Crippen LogP contribution in [0.3, 0.4) is 0 Å². The maximum atomic E-state index is 12.5. The summed E-state index contributed by atoms with van der Waals surface area (Å²) >= 11 is 0. The average molecular weight is 532 g/mol. The maximum Gasteiger partial charge on any atom is 0.335 e. The van der Waals surface area contributed by atoms with Crippen molar-refractivity contribution in [1.82, 2.24) is 0 Å². The molecule has 4 fully saturated rings. The normalized spacial score (nSPS) is 47.5. The third-order valence-corrected chi connectivity index (χ3v) is 10.5. The molecule has 0 aromatic heterocycles. The fourth-order valence-electron chi connectivity index (χ4n) is 8.96. The molecular weight excluding hydrogens is 486 g/mol. The smallest absolute Gasteiger partial charge is 0.335 e. The molecule has 0 aromatic rings. The molecule has 9 N–H and O–H groups in total. The standard InChI is InChI=1S/C29H45N3O6/c1-14(2)7-6-8-16(26(36)37)22-18-11-20(34)25-27(4)12-19(30)24(35)23(31)17(27)9-10-29(25,32)28(18,5)13-21(22)38-15(3)33/h6-8,17-21,23-25,34-35H,9-13,30-32H2,1-5H3,(H,36,37)/b8-6+,22-16-/t17-,18-,19-,20+,21-,23-,24+,25-,27-,28-,29+/m0/s1. The van der Waals surface area contributed by atoms with Gasteiger partial charge in [-0.15, -0.1) is 0 Å². The van der Waals surface area contributed by atoms with Crippen LogP contribution in [0.2, 0.25) is 0 Å². The lowest BCUT2D eigenvalue weighted by Crippen LogP contribution is -2.76. The Kier molecular flexibility index (Phi) is 7.51. The largest absolute Gasteiger partial charge is 0.478 e. The van der Waals surface area contributed by atoms with Crippen LogP contribution in [-0.2, 0) is 14.3 Å². The molecule has 4 rings (SSSR count). The quantitative estimate of drug-likeness (QED) is 0.179. The first kappa shape index (κ1) is 29.0. The van der Waals surface area contributed by atoms with E-state index >= 15 is 0 Å². The SMILES string of the molecule is CC(=O)O[C@H]1C[C@@]2(C)[C@@H](C[C@@H](O)[C@H]3[C@@]4(C)C[C@H](N)[C@@H](O)[C@@H](N)[C@@H]4CC[C@@]32N)/C1=C(\C=C\C=C(C)C)C(=O)O. The van der Waals surface area contributed by atoms with Gasteiger partial charge in [-0.25, -0.2) is 4.79 Å². The summed E-state index contributed by atoms with van der Waals surface area (Å²) in [7, 11) is 0. The van der Waals surface area contributed by atoms with Crippen molar-refractivity contribution in [3.05, 3.63) is 34.9 Å². The van der Waals surface area contributed by atoms with Gasteiger partial charge < -0.3 is 37.3 Å². The minimum absolute atomic E-state index is 0.0592. The van der Waals surface area contributed by atoms with Crippen molar-refractivity contribution in [2.45, 2.75) is 103 Å². The number of hydrogen-bond acceptors (Lipinski definition) is 8. The second-order valence-corrected chi connectivity index (χ2v) is 13.0. The fourth-order valence-corrected chi connectivity index (χ4v) is 8.96. The summed E-state index contributed by atoms with van der Waals surface area (Å²) in [6, 6.07) is -1.05. The molecule has 0 bridgehead atoms. The lowest BCUT2D eigenvalue weighted by atomic mass is 9.39. The van der Waals surface area contributed by atoms with Crippen LogP contribution in [0.25, 0.3) is 0 Å².